The lowest BCUT2D eigenvalue weighted by atomic mass is 10.1. The maximum atomic E-state index is 5.78. The third kappa shape index (κ3) is 3.53. The topological polar surface area (TPSA) is 32.5 Å². The van der Waals surface area contributed by atoms with E-state index in [1.807, 2.05) is 0 Å². The van der Waals surface area contributed by atoms with Crippen molar-refractivity contribution >= 4 is 0 Å². The van der Waals surface area contributed by atoms with Crippen LogP contribution < -0.4 is 5.73 Å². The average Bonchev–Trinajstić information content (AvgIpc) is 2.55. The number of rotatable bonds is 3. The van der Waals surface area contributed by atoms with Crippen molar-refractivity contribution in [2.24, 2.45) is 5.73 Å². The van der Waals surface area contributed by atoms with Crippen molar-refractivity contribution in [2.75, 3.05) is 33.2 Å². The second-order valence-corrected chi connectivity index (χ2v) is 4.91. The number of benzene rings is 1. The monoisotopic (exact) mass is 233 g/mol. The molecule has 3 nitrogen and oxygen atoms in total. The fourth-order valence-electron chi connectivity index (χ4n) is 2.41. The molecule has 0 aromatic heterocycles. The molecule has 0 atom stereocenters. The zero-order chi connectivity index (χ0) is 12.1. The van der Waals surface area contributed by atoms with Gasteiger partial charge in [-0.25, -0.2) is 0 Å². The quantitative estimate of drug-likeness (QED) is 0.853. The summed E-state index contributed by atoms with van der Waals surface area (Å²) < 4.78 is 0. The van der Waals surface area contributed by atoms with Crippen LogP contribution in [0.4, 0.5) is 0 Å². The minimum atomic E-state index is 0.643. The molecule has 2 rings (SSSR count). The summed E-state index contributed by atoms with van der Waals surface area (Å²) in [5.74, 6) is 0. The van der Waals surface area contributed by atoms with Gasteiger partial charge in [-0.05, 0) is 37.7 Å². The molecule has 2 N–H and O–H groups in total. The summed E-state index contributed by atoms with van der Waals surface area (Å²) in [6.07, 6.45) is 1.27. The molecule has 0 radical (unpaired) electrons. The van der Waals surface area contributed by atoms with Gasteiger partial charge in [-0.1, -0.05) is 24.3 Å². The second-order valence-electron chi connectivity index (χ2n) is 4.91. The van der Waals surface area contributed by atoms with E-state index in [-0.39, 0.29) is 0 Å². The SMILES string of the molecule is CN1CCCN(Cc2ccccc2CN)CC1. The van der Waals surface area contributed by atoms with Crippen LogP contribution in [0.25, 0.3) is 0 Å². The Labute approximate surface area is 104 Å². The zero-order valence-corrected chi connectivity index (χ0v) is 10.7. The van der Waals surface area contributed by atoms with Crippen molar-refractivity contribution < 1.29 is 0 Å². The Balaban J connectivity index is 1.99. The van der Waals surface area contributed by atoms with Crippen LogP contribution in [-0.2, 0) is 13.1 Å². The van der Waals surface area contributed by atoms with E-state index < -0.39 is 0 Å². The largest absolute Gasteiger partial charge is 0.326 e. The van der Waals surface area contributed by atoms with Crippen LogP contribution in [0.2, 0.25) is 0 Å². The van der Waals surface area contributed by atoms with Crippen molar-refractivity contribution in [3.05, 3.63) is 35.4 Å². The molecule has 17 heavy (non-hydrogen) atoms. The van der Waals surface area contributed by atoms with E-state index in [4.69, 9.17) is 5.73 Å². The molecule has 1 heterocycles. The Hall–Kier alpha value is -0.900. The van der Waals surface area contributed by atoms with Gasteiger partial charge in [0.1, 0.15) is 0 Å². The average molecular weight is 233 g/mol. The van der Waals surface area contributed by atoms with Gasteiger partial charge < -0.3 is 10.6 Å². The summed E-state index contributed by atoms with van der Waals surface area (Å²) >= 11 is 0. The molecular weight excluding hydrogens is 210 g/mol. The van der Waals surface area contributed by atoms with Gasteiger partial charge in [0.15, 0.2) is 0 Å². The summed E-state index contributed by atoms with van der Waals surface area (Å²) in [7, 11) is 2.21. The molecule has 1 aromatic rings. The number of hydrogen-bond acceptors (Lipinski definition) is 3. The lowest BCUT2D eigenvalue weighted by Gasteiger charge is -2.21. The molecule has 0 aliphatic carbocycles. The molecule has 0 spiro atoms. The van der Waals surface area contributed by atoms with E-state index in [9.17, 15) is 0 Å². The lowest BCUT2D eigenvalue weighted by molar-refractivity contribution is 0.268. The highest BCUT2D eigenvalue weighted by molar-refractivity contribution is 5.26. The molecule has 1 aliphatic heterocycles. The third-order valence-corrected chi connectivity index (χ3v) is 3.54. The maximum Gasteiger partial charge on any atom is 0.0237 e. The molecule has 0 saturated carbocycles. The van der Waals surface area contributed by atoms with E-state index in [0.29, 0.717) is 6.54 Å². The highest BCUT2D eigenvalue weighted by Gasteiger charge is 2.13. The van der Waals surface area contributed by atoms with Gasteiger partial charge in [0, 0.05) is 26.2 Å². The number of nitrogens with two attached hydrogens (primary N) is 1. The van der Waals surface area contributed by atoms with Gasteiger partial charge in [0.25, 0.3) is 0 Å². The standard InChI is InChI=1S/C14H23N3/c1-16-7-4-8-17(10-9-16)12-14-6-3-2-5-13(14)11-15/h2-3,5-6H,4,7-12,15H2,1H3. The Bertz CT molecular complexity index is 351. The van der Waals surface area contributed by atoms with Crippen LogP contribution in [0.15, 0.2) is 24.3 Å². The fraction of sp³-hybridized carbons (Fsp3) is 0.571. The lowest BCUT2D eigenvalue weighted by Crippen LogP contribution is -2.29. The summed E-state index contributed by atoms with van der Waals surface area (Å²) in [6.45, 7) is 6.43. The van der Waals surface area contributed by atoms with E-state index in [1.54, 1.807) is 0 Å². The fourth-order valence-corrected chi connectivity index (χ4v) is 2.41. The molecule has 1 aliphatic rings. The summed E-state index contributed by atoms with van der Waals surface area (Å²) in [6, 6.07) is 8.52. The Morgan fingerprint density at radius 2 is 1.82 bits per heavy atom. The van der Waals surface area contributed by atoms with Gasteiger partial charge in [0.05, 0.1) is 0 Å². The van der Waals surface area contributed by atoms with Crippen LogP contribution in [0, 0.1) is 0 Å². The first-order valence-electron chi connectivity index (χ1n) is 6.47. The van der Waals surface area contributed by atoms with Crippen molar-refractivity contribution in [3.63, 3.8) is 0 Å². The number of nitrogens with zero attached hydrogens (tertiary/aromatic N) is 2. The highest BCUT2D eigenvalue weighted by Crippen LogP contribution is 2.12. The Kier molecular flexibility index (Phi) is 4.54. The summed E-state index contributed by atoms with van der Waals surface area (Å²) in [5, 5.41) is 0. The molecule has 1 saturated heterocycles. The van der Waals surface area contributed by atoms with Crippen molar-refractivity contribution in [2.45, 2.75) is 19.5 Å². The minimum Gasteiger partial charge on any atom is -0.326 e. The minimum absolute atomic E-state index is 0.643. The molecule has 1 aromatic carbocycles. The van der Waals surface area contributed by atoms with E-state index in [2.05, 4.69) is 41.1 Å². The van der Waals surface area contributed by atoms with Crippen LogP contribution in [-0.4, -0.2) is 43.0 Å². The van der Waals surface area contributed by atoms with Crippen molar-refractivity contribution in [3.8, 4) is 0 Å². The second kappa shape index (κ2) is 6.15. The molecule has 0 bridgehead atoms. The van der Waals surface area contributed by atoms with Crippen molar-refractivity contribution in [1.29, 1.82) is 0 Å². The Morgan fingerprint density at radius 1 is 1.06 bits per heavy atom. The van der Waals surface area contributed by atoms with Crippen LogP contribution in [0.1, 0.15) is 17.5 Å². The molecule has 1 fully saturated rings. The smallest absolute Gasteiger partial charge is 0.0237 e. The molecular formula is C14H23N3. The van der Waals surface area contributed by atoms with Crippen LogP contribution in [0.5, 0.6) is 0 Å². The maximum absolute atomic E-state index is 5.78. The van der Waals surface area contributed by atoms with Gasteiger partial charge >= 0.3 is 0 Å². The first kappa shape index (κ1) is 12.6. The van der Waals surface area contributed by atoms with E-state index in [1.165, 1.54) is 37.2 Å². The molecule has 0 unspecified atom stereocenters. The molecule has 3 heteroatoms. The van der Waals surface area contributed by atoms with Crippen LogP contribution >= 0.6 is 0 Å². The summed E-state index contributed by atoms with van der Waals surface area (Å²) in [4.78, 5) is 4.95. The zero-order valence-electron chi connectivity index (χ0n) is 10.7. The first-order chi connectivity index (χ1) is 8.29. The molecule has 94 valence electrons. The van der Waals surface area contributed by atoms with Crippen LogP contribution in [0.3, 0.4) is 0 Å². The number of likely N-dealkylation sites (N-methyl/N-ethyl adjacent to an activating group) is 1. The normalized spacial score (nSPS) is 19.2. The number of hydrogen-bond donors (Lipinski definition) is 1. The van der Waals surface area contributed by atoms with E-state index >= 15 is 0 Å². The molecule has 0 amide bonds. The first-order valence-corrected chi connectivity index (χ1v) is 6.47. The van der Waals surface area contributed by atoms with Crippen molar-refractivity contribution in [1.82, 2.24) is 9.80 Å². The highest BCUT2D eigenvalue weighted by atomic mass is 15.2. The van der Waals surface area contributed by atoms with Gasteiger partial charge in [-0.15, -0.1) is 0 Å². The van der Waals surface area contributed by atoms with Gasteiger partial charge in [0.2, 0.25) is 0 Å². The third-order valence-electron chi connectivity index (χ3n) is 3.54. The van der Waals surface area contributed by atoms with Gasteiger partial charge in [-0.3, -0.25) is 4.90 Å². The predicted octanol–water partition coefficient (Wildman–Crippen LogP) is 1.28. The predicted molar refractivity (Wildman–Crippen MR) is 71.7 cm³/mol. The summed E-state index contributed by atoms with van der Waals surface area (Å²) in [5.41, 5.74) is 8.45. The van der Waals surface area contributed by atoms with Gasteiger partial charge in [-0.2, -0.15) is 0 Å². The van der Waals surface area contributed by atoms with E-state index in [0.717, 1.165) is 13.1 Å². The Morgan fingerprint density at radius 3 is 2.59 bits per heavy atom.